The molecule has 1 aliphatic carbocycles. The van der Waals surface area contributed by atoms with Gasteiger partial charge in [0.1, 0.15) is 11.3 Å². The first kappa shape index (κ1) is 13.9. The van der Waals surface area contributed by atoms with E-state index >= 15 is 0 Å². The van der Waals surface area contributed by atoms with Crippen molar-refractivity contribution < 1.29 is 14.6 Å². The van der Waals surface area contributed by atoms with Crippen LogP contribution in [0.3, 0.4) is 0 Å². The highest BCUT2D eigenvalue weighted by Gasteiger charge is 2.23. The normalized spacial score (nSPS) is 23.1. The number of carboxylic acids is 1. The zero-order chi connectivity index (χ0) is 13.8. The Hall–Kier alpha value is -1.51. The smallest absolute Gasteiger partial charge is 0.339 e. The lowest BCUT2D eigenvalue weighted by Gasteiger charge is -2.28. The number of hydrogen-bond donors (Lipinski definition) is 1. The van der Waals surface area contributed by atoms with Crippen LogP contribution in [0.25, 0.3) is 0 Å². The molecule has 2 rings (SSSR count). The second-order valence-electron chi connectivity index (χ2n) is 5.47. The van der Waals surface area contributed by atoms with Crippen LogP contribution in [-0.2, 0) is 0 Å². The third-order valence-corrected chi connectivity index (χ3v) is 4.03. The SMILES string of the molecule is CCC1CCC(Oc2ccc(C)cc2C(=O)O)CC1. The van der Waals surface area contributed by atoms with E-state index in [2.05, 4.69) is 6.92 Å². The molecule has 0 saturated heterocycles. The Morgan fingerprint density at radius 1 is 1.32 bits per heavy atom. The van der Waals surface area contributed by atoms with Crippen LogP contribution in [0.2, 0.25) is 0 Å². The van der Waals surface area contributed by atoms with Crippen LogP contribution in [0.4, 0.5) is 0 Å². The Kier molecular flexibility index (Phi) is 4.46. The molecule has 1 aromatic rings. The van der Waals surface area contributed by atoms with Crippen LogP contribution in [0.15, 0.2) is 18.2 Å². The van der Waals surface area contributed by atoms with Crippen molar-refractivity contribution in [1.29, 1.82) is 0 Å². The minimum Gasteiger partial charge on any atom is -0.490 e. The van der Waals surface area contributed by atoms with E-state index in [0.717, 1.165) is 24.3 Å². The predicted molar refractivity (Wildman–Crippen MR) is 74.8 cm³/mol. The summed E-state index contributed by atoms with van der Waals surface area (Å²) in [7, 11) is 0. The topological polar surface area (TPSA) is 46.5 Å². The van der Waals surface area contributed by atoms with E-state index in [1.165, 1.54) is 19.3 Å². The van der Waals surface area contributed by atoms with Crippen molar-refractivity contribution in [2.75, 3.05) is 0 Å². The van der Waals surface area contributed by atoms with Crippen molar-refractivity contribution in [3.05, 3.63) is 29.3 Å². The molecule has 0 spiro atoms. The summed E-state index contributed by atoms with van der Waals surface area (Å²) in [6, 6.07) is 5.36. The van der Waals surface area contributed by atoms with Gasteiger partial charge in [0.2, 0.25) is 0 Å². The molecule has 0 atom stereocenters. The number of hydrogen-bond acceptors (Lipinski definition) is 2. The highest BCUT2D eigenvalue weighted by atomic mass is 16.5. The molecule has 0 aliphatic heterocycles. The molecule has 0 heterocycles. The monoisotopic (exact) mass is 262 g/mol. The van der Waals surface area contributed by atoms with Gasteiger partial charge in [-0.2, -0.15) is 0 Å². The molecular weight excluding hydrogens is 240 g/mol. The summed E-state index contributed by atoms with van der Waals surface area (Å²) in [6.45, 7) is 4.12. The maximum absolute atomic E-state index is 11.2. The third kappa shape index (κ3) is 3.49. The van der Waals surface area contributed by atoms with Gasteiger partial charge in [0.15, 0.2) is 0 Å². The Labute approximate surface area is 114 Å². The molecule has 1 aliphatic rings. The van der Waals surface area contributed by atoms with Gasteiger partial charge in [-0.25, -0.2) is 4.79 Å². The first-order valence-corrected chi connectivity index (χ1v) is 7.10. The van der Waals surface area contributed by atoms with Gasteiger partial charge in [0, 0.05) is 0 Å². The maximum atomic E-state index is 11.2. The first-order chi connectivity index (χ1) is 9.10. The Morgan fingerprint density at radius 2 is 2.00 bits per heavy atom. The van der Waals surface area contributed by atoms with Gasteiger partial charge in [0.05, 0.1) is 6.10 Å². The lowest BCUT2D eigenvalue weighted by Crippen LogP contribution is -2.24. The number of ether oxygens (including phenoxy) is 1. The van der Waals surface area contributed by atoms with Gasteiger partial charge in [-0.3, -0.25) is 0 Å². The summed E-state index contributed by atoms with van der Waals surface area (Å²) in [5, 5.41) is 9.22. The second-order valence-corrected chi connectivity index (χ2v) is 5.47. The van der Waals surface area contributed by atoms with E-state index in [0.29, 0.717) is 5.75 Å². The van der Waals surface area contributed by atoms with Crippen LogP contribution in [0.1, 0.15) is 54.9 Å². The molecule has 3 heteroatoms. The number of benzene rings is 1. The molecule has 1 fully saturated rings. The average molecular weight is 262 g/mol. The molecule has 3 nitrogen and oxygen atoms in total. The largest absolute Gasteiger partial charge is 0.490 e. The van der Waals surface area contributed by atoms with Crippen molar-refractivity contribution in [2.45, 2.75) is 52.1 Å². The summed E-state index contributed by atoms with van der Waals surface area (Å²) in [4.78, 5) is 11.2. The fourth-order valence-electron chi connectivity index (χ4n) is 2.75. The Balaban J connectivity index is 2.05. The van der Waals surface area contributed by atoms with E-state index in [1.54, 1.807) is 12.1 Å². The lowest BCUT2D eigenvalue weighted by molar-refractivity contribution is 0.0683. The molecule has 0 bridgehead atoms. The highest BCUT2D eigenvalue weighted by Crippen LogP contribution is 2.30. The van der Waals surface area contributed by atoms with Crippen molar-refractivity contribution >= 4 is 5.97 Å². The minimum atomic E-state index is -0.916. The maximum Gasteiger partial charge on any atom is 0.339 e. The van der Waals surface area contributed by atoms with Crippen LogP contribution in [0, 0.1) is 12.8 Å². The van der Waals surface area contributed by atoms with Gasteiger partial charge in [0.25, 0.3) is 0 Å². The molecule has 1 aromatic carbocycles. The average Bonchev–Trinajstić information content (AvgIpc) is 2.41. The minimum absolute atomic E-state index is 0.170. The molecule has 19 heavy (non-hydrogen) atoms. The predicted octanol–water partition coefficient (Wildman–Crippen LogP) is 4.04. The number of rotatable bonds is 4. The fraction of sp³-hybridized carbons (Fsp3) is 0.562. The van der Waals surface area contributed by atoms with Crippen LogP contribution in [-0.4, -0.2) is 17.2 Å². The first-order valence-electron chi connectivity index (χ1n) is 7.10. The van der Waals surface area contributed by atoms with Crippen LogP contribution >= 0.6 is 0 Å². The lowest BCUT2D eigenvalue weighted by atomic mass is 9.86. The van der Waals surface area contributed by atoms with Gasteiger partial charge in [-0.15, -0.1) is 0 Å². The number of carbonyl (C=O) groups is 1. The van der Waals surface area contributed by atoms with Crippen LogP contribution < -0.4 is 4.74 Å². The van der Waals surface area contributed by atoms with E-state index in [-0.39, 0.29) is 11.7 Å². The highest BCUT2D eigenvalue weighted by molar-refractivity contribution is 5.91. The van der Waals surface area contributed by atoms with Crippen molar-refractivity contribution in [1.82, 2.24) is 0 Å². The summed E-state index contributed by atoms with van der Waals surface area (Å²) in [6.07, 6.45) is 5.85. The third-order valence-electron chi connectivity index (χ3n) is 4.03. The standard InChI is InChI=1S/C16H22O3/c1-3-12-5-7-13(8-6-12)19-15-9-4-11(2)10-14(15)16(17)18/h4,9-10,12-13H,3,5-8H2,1-2H3,(H,17,18). The zero-order valence-corrected chi connectivity index (χ0v) is 11.7. The Bertz CT molecular complexity index is 445. The molecule has 0 amide bonds. The van der Waals surface area contributed by atoms with Crippen molar-refractivity contribution in [3.63, 3.8) is 0 Å². The van der Waals surface area contributed by atoms with E-state index in [9.17, 15) is 9.90 Å². The number of aryl methyl sites for hydroxylation is 1. The summed E-state index contributed by atoms with van der Waals surface area (Å²) >= 11 is 0. The van der Waals surface area contributed by atoms with E-state index < -0.39 is 5.97 Å². The van der Waals surface area contributed by atoms with E-state index in [1.807, 2.05) is 13.0 Å². The fourth-order valence-corrected chi connectivity index (χ4v) is 2.75. The van der Waals surface area contributed by atoms with E-state index in [4.69, 9.17) is 4.74 Å². The van der Waals surface area contributed by atoms with Crippen molar-refractivity contribution in [3.8, 4) is 5.75 Å². The number of carboxylic acid groups (broad SMARTS) is 1. The molecule has 0 unspecified atom stereocenters. The van der Waals surface area contributed by atoms with Crippen molar-refractivity contribution in [2.24, 2.45) is 5.92 Å². The van der Waals surface area contributed by atoms with Gasteiger partial charge in [-0.1, -0.05) is 25.0 Å². The molecule has 0 radical (unpaired) electrons. The van der Waals surface area contributed by atoms with Gasteiger partial charge >= 0.3 is 5.97 Å². The molecule has 0 aromatic heterocycles. The summed E-state index contributed by atoms with van der Waals surface area (Å²) in [5.41, 5.74) is 1.22. The number of aromatic carboxylic acids is 1. The zero-order valence-electron chi connectivity index (χ0n) is 11.7. The van der Waals surface area contributed by atoms with Crippen LogP contribution in [0.5, 0.6) is 5.75 Å². The molecule has 1 saturated carbocycles. The Morgan fingerprint density at radius 3 is 2.58 bits per heavy atom. The molecule has 1 N–H and O–H groups in total. The summed E-state index contributed by atoms with van der Waals surface area (Å²) in [5.74, 6) is 0.413. The quantitative estimate of drug-likeness (QED) is 0.890. The summed E-state index contributed by atoms with van der Waals surface area (Å²) < 4.78 is 5.91. The second kappa shape index (κ2) is 6.09. The van der Waals surface area contributed by atoms with Gasteiger partial charge < -0.3 is 9.84 Å². The van der Waals surface area contributed by atoms with Gasteiger partial charge in [-0.05, 0) is 50.7 Å². The molecular formula is C16H22O3. The molecule has 104 valence electrons.